The zero-order chi connectivity index (χ0) is 18.7. The molecule has 0 spiro atoms. The third kappa shape index (κ3) is 4.11. The van der Waals surface area contributed by atoms with Crippen LogP contribution in [0, 0.1) is 5.92 Å². The number of rotatable bonds is 5. The number of hydrogen-bond acceptors (Lipinski definition) is 3. The molecule has 1 heterocycles. The van der Waals surface area contributed by atoms with Crippen molar-refractivity contribution in [3.05, 3.63) is 63.6 Å². The molecule has 0 aromatic heterocycles. The van der Waals surface area contributed by atoms with Crippen molar-refractivity contribution in [2.75, 3.05) is 13.7 Å². The average molecular weight is 393 g/mol. The smallest absolute Gasteiger partial charge is 0.226 e. The standard InChI is InChI=1S/C19H18Cl2N2O3/c1-26-16-9-14(21)6-7-15(16)18(11-2-4-13(20)5-3-11)23-19(25)12-8-17(24)22-10-12/h2-7,9,12,18H,8,10H2,1H3,(H,22,24)(H,23,25)/t12-,18?/m0/s1. The Labute approximate surface area is 161 Å². The molecule has 2 amide bonds. The highest BCUT2D eigenvalue weighted by Crippen LogP contribution is 2.33. The first kappa shape index (κ1) is 18.5. The van der Waals surface area contributed by atoms with Crippen LogP contribution in [0.15, 0.2) is 42.5 Å². The molecule has 26 heavy (non-hydrogen) atoms. The molecule has 2 aromatic carbocycles. The monoisotopic (exact) mass is 392 g/mol. The fourth-order valence-corrected chi connectivity index (χ4v) is 3.26. The van der Waals surface area contributed by atoms with Crippen molar-refractivity contribution in [2.45, 2.75) is 12.5 Å². The van der Waals surface area contributed by atoms with Crippen LogP contribution in [-0.4, -0.2) is 25.5 Å². The molecule has 2 aromatic rings. The van der Waals surface area contributed by atoms with Gasteiger partial charge in [0, 0.05) is 28.6 Å². The summed E-state index contributed by atoms with van der Waals surface area (Å²) in [5, 5.41) is 6.85. The molecule has 0 radical (unpaired) electrons. The Balaban J connectivity index is 1.95. The molecular weight excluding hydrogens is 375 g/mol. The highest BCUT2D eigenvalue weighted by molar-refractivity contribution is 6.31. The Morgan fingerprint density at radius 2 is 1.88 bits per heavy atom. The van der Waals surface area contributed by atoms with Gasteiger partial charge in [-0.25, -0.2) is 0 Å². The molecule has 1 fully saturated rings. The van der Waals surface area contributed by atoms with E-state index in [-0.39, 0.29) is 18.2 Å². The lowest BCUT2D eigenvalue weighted by Gasteiger charge is -2.23. The SMILES string of the molecule is COc1cc(Cl)ccc1C(NC(=O)[C@@H]1CNC(=O)C1)c1ccc(Cl)cc1. The maximum Gasteiger partial charge on any atom is 0.226 e. The van der Waals surface area contributed by atoms with Gasteiger partial charge in [0.05, 0.1) is 19.1 Å². The molecule has 1 aliphatic heterocycles. The van der Waals surface area contributed by atoms with Crippen LogP contribution in [0.25, 0.3) is 0 Å². The summed E-state index contributed by atoms with van der Waals surface area (Å²) in [6.07, 6.45) is 0.191. The molecular formula is C19H18Cl2N2O3. The highest BCUT2D eigenvalue weighted by Gasteiger charge is 2.30. The average Bonchev–Trinajstić information content (AvgIpc) is 3.07. The van der Waals surface area contributed by atoms with E-state index in [2.05, 4.69) is 10.6 Å². The van der Waals surface area contributed by atoms with Crippen LogP contribution < -0.4 is 15.4 Å². The number of hydrogen-bond donors (Lipinski definition) is 2. The Morgan fingerprint density at radius 3 is 2.50 bits per heavy atom. The third-order valence-electron chi connectivity index (χ3n) is 4.34. The summed E-state index contributed by atoms with van der Waals surface area (Å²) in [4.78, 5) is 24.1. The third-order valence-corrected chi connectivity index (χ3v) is 4.83. The van der Waals surface area contributed by atoms with E-state index in [1.54, 1.807) is 31.4 Å². The molecule has 2 atom stereocenters. The highest BCUT2D eigenvalue weighted by atomic mass is 35.5. The van der Waals surface area contributed by atoms with Gasteiger partial charge in [0.2, 0.25) is 11.8 Å². The first-order chi connectivity index (χ1) is 12.5. The maximum atomic E-state index is 12.7. The second-order valence-electron chi connectivity index (χ2n) is 6.08. The predicted octanol–water partition coefficient (Wildman–Crippen LogP) is 3.34. The predicted molar refractivity (Wildman–Crippen MR) is 101 cm³/mol. The summed E-state index contributed by atoms with van der Waals surface area (Å²) >= 11 is 12.1. The minimum absolute atomic E-state index is 0.114. The lowest BCUT2D eigenvalue weighted by atomic mass is 9.96. The number of halogens is 2. The second-order valence-corrected chi connectivity index (χ2v) is 6.96. The van der Waals surface area contributed by atoms with Crippen molar-refractivity contribution in [1.29, 1.82) is 0 Å². The van der Waals surface area contributed by atoms with Gasteiger partial charge in [0.15, 0.2) is 0 Å². The van der Waals surface area contributed by atoms with Crippen molar-refractivity contribution in [1.82, 2.24) is 10.6 Å². The molecule has 0 saturated carbocycles. The van der Waals surface area contributed by atoms with Crippen LogP contribution in [0.3, 0.4) is 0 Å². The first-order valence-electron chi connectivity index (χ1n) is 8.14. The zero-order valence-electron chi connectivity index (χ0n) is 14.1. The minimum Gasteiger partial charge on any atom is -0.496 e. The molecule has 0 bridgehead atoms. The van der Waals surface area contributed by atoms with Gasteiger partial charge < -0.3 is 15.4 Å². The largest absolute Gasteiger partial charge is 0.496 e. The van der Waals surface area contributed by atoms with Gasteiger partial charge in [-0.15, -0.1) is 0 Å². The molecule has 5 nitrogen and oxygen atoms in total. The van der Waals surface area contributed by atoms with Crippen molar-refractivity contribution in [3.8, 4) is 5.75 Å². The van der Waals surface area contributed by atoms with E-state index in [1.807, 2.05) is 18.2 Å². The van der Waals surface area contributed by atoms with E-state index >= 15 is 0 Å². The van der Waals surface area contributed by atoms with Gasteiger partial charge in [0.1, 0.15) is 5.75 Å². The van der Waals surface area contributed by atoms with Crippen LogP contribution >= 0.6 is 23.2 Å². The van der Waals surface area contributed by atoms with Crippen molar-refractivity contribution >= 4 is 35.0 Å². The summed E-state index contributed by atoms with van der Waals surface area (Å²) in [6, 6.07) is 12.0. The van der Waals surface area contributed by atoms with E-state index < -0.39 is 12.0 Å². The Hall–Kier alpha value is -2.24. The molecule has 1 saturated heterocycles. The Morgan fingerprint density at radius 1 is 1.19 bits per heavy atom. The second kappa shape index (κ2) is 7.98. The summed E-state index contributed by atoms with van der Waals surface area (Å²) in [6.45, 7) is 0.343. The van der Waals surface area contributed by atoms with Gasteiger partial charge >= 0.3 is 0 Å². The van der Waals surface area contributed by atoms with Gasteiger partial charge in [-0.1, -0.05) is 41.4 Å². The molecule has 0 aliphatic carbocycles. The number of amides is 2. The Bertz CT molecular complexity index is 824. The maximum absolute atomic E-state index is 12.7. The normalized spacial score (nSPS) is 17.5. The Kier molecular flexibility index (Phi) is 5.69. The fourth-order valence-electron chi connectivity index (χ4n) is 2.97. The van der Waals surface area contributed by atoms with Crippen LogP contribution in [0.4, 0.5) is 0 Å². The van der Waals surface area contributed by atoms with E-state index in [0.717, 1.165) is 11.1 Å². The van der Waals surface area contributed by atoms with Gasteiger partial charge in [0.25, 0.3) is 0 Å². The lowest BCUT2D eigenvalue weighted by Crippen LogP contribution is -2.35. The van der Waals surface area contributed by atoms with Gasteiger partial charge in [-0.3, -0.25) is 9.59 Å². The molecule has 1 unspecified atom stereocenters. The number of methoxy groups -OCH3 is 1. The minimum atomic E-state index is -0.456. The van der Waals surface area contributed by atoms with Crippen molar-refractivity contribution in [2.24, 2.45) is 5.92 Å². The molecule has 7 heteroatoms. The number of carbonyl (C=O) groups is 2. The summed E-state index contributed by atoms with van der Waals surface area (Å²) in [7, 11) is 1.55. The number of carbonyl (C=O) groups excluding carboxylic acids is 2. The quantitative estimate of drug-likeness (QED) is 0.819. The van der Waals surface area contributed by atoms with Crippen LogP contribution in [-0.2, 0) is 9.59 Å². The first-order valence-corrected chi connectivity index (χ1v) is 8.89. The molecule has 136 valence electrons. The van der Waals surface area contributed by atoms with Crippen LogP contribution in [0.1, 0.15) is 23.6 Å². The van der Waals surface area contributed by atoms with Crippen LogP contribution in [0.2, 0.25) is 10.0 Å². The van der Waals surface area contributed by atoms with E-state index in [9.17, 15) is 9.59 Å². The van der Waals surface area contributed by atoms with E-state index in [4.69, 9.17) is 27.9 Å². The summed E-state index contributed by atoms with van der Waals surface area (Å²) in [5.74, 6) is -0.133. The number of benzene rings is 2. The molecule has 2 N–H and O–H groups in total. The van der Waals surface area contributed by atoms with Crippen molar-refractivity contribution in [3.63, 3.8) is 0 Å². The lowest BCUT2D eigenvalue weighted by molar-refractivity contribution is -0.126. The van der Waals surface area contributed by atoms with Crippen LogP contribution in [0.5, 0.6) is 5.75 Å². The fraction of sp³-hybridized carbons (Fsp3) is 0.263. The van der Waals surface area contributed by atoms with Gasteiger partial charge in [-0.2, -0.15) is 0 Å². The molecule has 1 aliphatic rings. The molecule has 3 rings (SSSR count). The topological polar surface area (TPSA) is 67.4 Å². The number of nitrogens with one attached hydrogen (secondary N) is 2. The van der Waals surface area contributed by atoms with E-state index in [0.29, 0.717) is 22.3 Å². The summed E-state index contributed by atoms with van der Waals surface area (Å²) < 4.78 is 5.45. The summed E-state index contributed by atoms with van der Waals surface area (Å²) in [5.41, 5.74) is 1.62. The zero-order valence-corrected chi connectivity index (χ0v) is 15.6. The van der Waals surface area contributed by atoms with E-state index in [1.165, 1.54) is 0 Å². The van der Waals surface area contributed by atoms with Crippen molar-refractivity contribution < 1.29 is 14.3 Å². The van der Waals surface area contributed by atoms with Gasteiger partial charge in [-0.05, 0) is 29.8 Å². The number of ether oxygens (including phenoxy) is 1.